The number of ether oxygens (including phenoxy) is 1. The first-order chi connectivity index (χ1) is 11.5. The van der Waals surface area contributed by atoms with Crippen molar-refractivity contribution in [3.8, 4) is 0 Å². The molecule has 2 aromatic rings. The van der Waals surface area contributed by atoms with E-state index in [0.29, 0.717) is 22.0 Å². The van der Waals surface area contributed by atoms with E-state index in [2.05, 4.69) is 5.32 Å². The van der Waals surface area contributed by atoms with Crippen LogP contribution in [0.15, 0.2) is 30.3 Å². The molecular formula is C18H18ClNO3S. The Bertz CT molecular complexity index is 778. The second-order valence-electron chi connectivity index (χ2n) is 5.06. The van der Waals surface area contributed by atoms with Gasteiger partial charge in [0.05, 0.1) is 12.7 Å². The van der Waals surface area contributed by atoms with Crippen LogP contribution in [0.2, 0.25) is 5.02 Å². The zero-order valence-corrected chi connectivity index (χ0v) is 15.3. The molecule has 0 spiro atoms. The minimum atomic E-state index is -0.437. The van der Waals surface area contributed by atoms with Crippen LogP contribution in [0.3, 0.4) is 0 Å². The highest BCUT2D eigenvalue weighted by molar-refractivity contribution is 7.16. The van der Waals surface area contributed by atoms with Gasteiger partial charge in [-0.2, -0.15) is 0 Å². The fourth-order valence-corrected chi connectivity index (χ4v) is 3.57. The van der Waals surface area contributed by atoms with Gasteiger partial charge >= 0.3 is 5.97 Å². The van der Waals surface area contributed by atoms with Gasteiger partial charge in [-0.1, -0.05) is 30.7 Å². The van der Waals surface area contributed by atoms with Gasteiger partial charge in [0.15, 0.2) is 0 Å². The molecule has 24 heavy (non-hydrogen) atoms. The van der Waals surface area contributed by atoms with Crippen molar-refractivity contribution in [3.05, 3.63) is 56.9 Å². The van der Waals surface area contributed by atoms with Gasteiger partial charge in [0.25, 0.3) is 0 Å². The summed E-state index contributed by atoms with van der Waals surface area (Å²) in [5.41, 5.74) is 2.21. The van der Waals surface area contributed by atoms with Crippen molar-refractivity contribution in [2.75, 3.05) is 12.4 Å². The number of thiophene rings is 1. The van der Waals surface area contributed by atoms with E-state index in [1.165, 1.54) is 24.5 Å². The van der Waals surface area contributed by atoms with E-state index in [0.717, 1.165) is 16.0 Å². The van der Waals surface area contributed by atoms with Crippen LogP contribution < -0.4 is 5.32 Å². The molecule has 6 heteroatoms. The highest BCUT2D eigenvalue weighted by Crippen LogP contribution is 2.34. The topological polar surface area (TPSA) is 55.4 Å². The molecule has 4 nitrogen and oxygen atoms in total. The first kappa shape index (κ1) is 18.2. The molecule has 1 aromatic heterocycles. The van der Waals surface area contributed by atoms with E-state index in [9.17, 15) is 9.59 Å². The Morgan fingerprint density at radius 1 is 1.29 bits per heavy atom. The molecule has 0 saturated carbocycles. The third kappa shape index (κ3) is 4.24. The van der Waals surface area contributed by atoms with Crippen molar-refractivity contribution in [2.45, 2.75) is 20.3 Å². The van der Waals surface area contributed by atoms with Crippen LogP contribution in [0.1, 0.15) is 33.3 Å². The Morgan fingerprint density at radius 2 is 1.96 bits per heavy atom. The lowest BCUT2D eigenvalue weighted by molar-refractivity contribution is -0.111. The molecule has 1 aromatic carbocycles. The first-order valence-corrected chi connectivity index (χ1v) is 8.61. The summed E-state index contributed by atoms with van der Waals surface area (Å²) in [7, 11) is 1.33. The van der Waals surface area contributed by atoms with Gasteiger partial charge in [0.1, 0.15) is 5.00 Å². The number of hydrogen-bond acceptors (Lipinski definition) is 4. The molecule has 2 rings (SSSR count). The molecule has 1 heterocycles. The zero-order valence-electron chi connectivity index (χ0n) is 13.7. The molecule has 0 atom stereocenters. The summed E-state index contributed by atoms with van der Waals surface area (Å²) in [6.45, 7) is 3.89. The normalized spacial score (nSPS) is 10.8. The molecule has 0 saturated heterocycles. The summed E-state index contributed by atoms with van der Waals surface area (Å²) in [6, 6.07) is 7.14. The monoisotopic (exact) mass is 363 g/mol. The Balaban J connectivity index is 2.19. The molecule has 0 fully saturated rings. The maximum Gasteiger partial charge on any atom is 0.341 e. The highest BCUT2D eigenvalue weighted by atomic mass is 35.5. The van der Waals surface area contributed by atoms with Crippen molar-refractivity contribution in [1.29, 1.82) is 0 Å². The third-order valence-electron chi connectivity index (χ3n) is 3.49. The van der Waals surface area contributed by atoms with Gasteiger partial charge in [0, 0.05) is 16.0 Å². The van der Waals surface area contributed by atoms with E-state index in [1.54, 1.807) is 18.2 Å². The number of methoxy groups -OCH3 is 1. The second-order valence-corrected chi connectivity index (χ2v) is 6.72. The Kier molecular flexibility index (Phi) is 6.17. The number of rotatable bonds is 5. The lowest BCUT2D eigenvalue weighted by Gasteiger charge is -2.05. The van der Waals surface area contributed by atoms with Crippen LogP contribution in [0.4, 0.5) is 5.00 Å². The number of anilines is 1. The third-order valence-corrected chi connectivity index (χ3v) is 4.80. The van der Waals surface area contributed by atoms with Gasteiger partial charge in [-0.25, -0.2) is 4.79 Å². The molecule has 0 aliphatic heterocycles. The Hall–Kier alpha value is -2.11. The smallest absolute Gasteiger partial charge is 0.341 e. The molecule has 1 amide bonds. The lowest BCUT2D eigenvalue weighted by atomic mass is 10.1. The molecule has 0 aliphatic rings. The van der Waals surface area contributed by atoms with Gasteiger partial charge in [0.2, 0.25) is 5.91 Å². The average molecular weight is 364 g/mol. The second kappa shape index (κ2) is 8.13. The SMILES string of the molecule is CCc1c(C)sc(NC(=O)C=Cc2ccc(Cl)cc2)c1C(=O)OC. The number of carbonyl (C=O) groups excluding carboxylic acids is 2. The predicted octanol–water partition coefficient (Wildman–Crippen LogP) is 4.71. The minimum Gasteiger partial charge on any atom is -0.465 e. The quantitative estimate of drug-likeness (QED) is 0.618. The number of esters is 1. The molecule has 1 N–H and O–H groups in total. The van der Waals surface area contributed by atoms with E-state index in [-0.39, 0.29) is 5.91 Å². The highest BCUT2D eigenvalue weighted by Gasteiger charge is 2.22. The van der Waals surface area contributed by atoms with Crippen LogP contribution in [0.5, 0.6) is 0 Å². The minimum absolute atomic E-state index is 0.306. The lowest BCUT2D eigenvalue weighted by Crippen LogP contribution is -2.12. The summed E-state index contributed by atoms with van der Waals surface area (Å²) in [6.07, 6.45) is 3.80. The standard InChI is InChI=1S/C18H18ClNO3S/c1-4-14-11(2)24-17(16(14)18(22)23-3)20-15(21)10-7-12-5-8-13(19)9-6-12/h5-10H,4H2,1-3H3,(H,20,21). The maximum atomic E-state index is 12.2. The number of hydrogen-bond donors (Lipinski definition) is 1. The molecule has 126 valence electrons. The Labute approximate surface area is 150 Å². The van der Waals surface area contributed by atoms with Gasteiger partial charge < -0.3 is 10.1 Å². The van der Waals surface area contributed by atoms with E-state index < -0.39 is 5.97 Å². The molecule has 0 unspecified atom stereocenters. The number of carbonyl (C=O) groups is 2. The fraction of sp³-hybridized carbons (Fsp3) is 0.222. The van der Waals surface area contributed by atoms with Crippen LogP contribution in [0.25, 0.3) is 6.08 Å². The zero-order chi connectivity index (χ0) is 17.7. The maximum absolute atomic E-state index is 12.2. The number of nitrogens with one attached hydrogen (secondary N) is 1. The van der Waals surface area contributed by atoms with Crippen molar-refractivity contribution in [1.82, 2.24) is 0 Å². The molecule has 0 aliphatic carbocycles. The number of aryl methyl sites for hydroxylation is 1. The summed E-state index contributed by atoms with van der Waals surface area (Å²) < 4.78 is 4.84. The van der Waals surface area contributed by atoms with Crippen molar-refractivity contribution in [3.63, 3.8) is 0 Å². The van der Waals surface area contributed by atoms with E-state index in [1.807, 2.05) is 26.0 Å². The summed E-state index contributed by atoms with van der Waals surface area (Å²) in [4.78, 5) is 25.2. The summed E-state index contributed by atoms with van der Waals surface area (Å²) in [5.74, 6) is -0.743. The van der Waals surface area contributed by atoms with Gasteiger partial charge in [-0.15, -0.1) is 11.3 Å². The fourth-order valence-electron chi connectivity index (χ4n) is 2.31. The molecule has 0 bridgehead atoms. The van der Waals surface area contributed by atoms with Crippen LogP contribution in [-0.2, 0) is 16.0 Å². The number of benzene rings is 1. The van der Waals surface area contributed by atoms with Crippen molar-refractivity contribution < 1.29 is 14.3 Å². The molecular weight excluding hydrogens is 346 g/mol. The van der Waals surface area contributed by atoms with Crippen molar-refractivity contribution >= 4 is 45.9 Å². The first-order valence-electron chi connectivity index (χ1n) is 7.41. The van der Waals surface area contributed by atoms with E-state index in [4.69, 9.17) is 16.3 Å². The van der Waals surface area contributed by atoms with Crippen LogP contribution in [-0.4, -0.2) is 19.0 Å². The van der Waals surface area contributed by atoms with Gasteiger partial charge in [-0.05, 0) is 42.7 Å². The largest absolute Gasteiger partial charge is 0.465 e. The van der Waals surface area contributed by atoms with Crippen LogP contribution >= 0.6 is 22.9 Å². The van der Waals surface area contributed by atoms with E-state index >= 15 is 0 Å². The predicted molar refractivity (Wildman–Crippen MR) is 98.9 cm³/mol. The average Bonchev–Trinajstić information content (AvgIpc) is 2.88. The number of halogens is 1. The van der Waals surface area contributed by atoms with Crippen molar-refractivity contribution in [2.24, 2.45) is 0 Å². The Morgan fingerprint density at radius 3 is 2.54 bits per heavy atom. The van der Waals surface area contributed by atoms with Gasteiger partial charge in [-0.3, -0.25) is 4.79 Å². The van der Waals surface area contributed by atoms with Crippen LogP contribution in [0, 0.1) is 6.92 Å². The summed E-state index contributed by atoms with van der Waals surface area (Å²) in [5, 5.41) is 3.92. The summed E-state index contributed by atoms with van der Waals surface area (Å²) >= 11 is 7.20. The molecule has 0 radical (unpaired) electrons. The number of amides is 1.